The second kappa shape index (κ2) is 7.75. The van der Waals surface area contributed by atoms with Gasteiger partial charge in [-0.3, -0.25) is 0 Å². The van der Waals surface area contributed by atoms with Crippen LogP contribution in [0.3, 0.4) is 0 Å². The van der Waals surface area contributed by atoms with Crippen LogP contribution in [-0.4, -0.2) is 23.6 Å². The number of rotatable bonds is 6. The van der Waals surface area contributed by atoms with Crippen LogP contribution in [0.2, 0.25) is 0 Å². The third-order valence-electron chi connectivity index (χ3n) is 4.14. The fourth-order valence-corrected chi connectivity index (χ4v) is 3.05. The normalized spacial score (nSPS) is 11.0. The lowest BCUT2D eigenvalue weighted by Crippen LogP contribution is -2.20. The molecule has 0 fully saturated rings. The van der Waals surface area contributed by atoms with E-state index in [9.17, 15) is 0 Å². The average molecular weight is 384 g/mol. The molecular formula is C20H22BrN3. The summed E-state index contributed by atoms with van der Waals surface area (Å²) in [7, 11) is 2.12. The van der Waals surface area contributed by atoms with Crippen LogP contribution in [0.4, 0.5) is 5.82 Å². The zero-order valence-electron chi connectivity index (χ0n) is 14.2. The second-order valence-corrected chi connectivity index (χ2v) is 6.94. The van der Waals surface area contributed by atoms with Gasteiger partial charge in [0.15, 0.2) is 5.82 Å². The fraction of sp³-hybridized carbons (Fsp3) is 0.300. The zero-order chi connectivity index (χ0) is 16.9. The van der Waals surface area contributed by atoms with Crippen LogP contribution >= 0.6 is 15.9 Å². The van der Waals surface area contributed by atoms with Crippen LogP contribution < -0.4 is 4.90 Å². The van der Waals surface area contributed by atoms with E-state index in [0.717, 1.165) is 39.1 Å². The Morgan fingerprint density at radius 1 is 0.958 bits per heavy atom. The van der Waals surface area contributed by atoms with Crippen molar-refractivity contribution in [1.29, 1.82) is 0 Å². The van der Waals surface area contributed by atoms with Gasteiger partial charge >= 0.3 is 0 Å². The molecular weight excluding hydrogens is 362 g/mol. The Morgan fingerprint density at radius 2 is 1.71 bits per heavy atom. The molecule has 124 valence electrons. The van der Waals surface area contributed by atoms with Gasteiger partial charge in [-0.15, -0.1) is 0 Å². The Balaban J connectivity index is 2.04. The van der Waals surface area contributed by atoms with Gasteiger partial charge in [0.05, 0.1) is 5.52 Å². The topological polar surface area (TPSA) is 29.0 Å². The minimum Gasteiger partial charge on any atom is -0.359 e. The number of aromatic nitrogens is 2. The number of halogens is 1. The van der Waals surface area contributed by atoms with Crippen LogP contribution in [0.1, 0.15) is 26.2 Å². The molecule has 0 bridgehead atoms. The number of anilines is 1. The molecule has 0 saturated heterocycles. The van der Waals surface area contributed by atoms with Crippen molar-refractivity contribution >= 4 is 32.7 Å². The van der Waals surface area contributed by atoms with Crippen molar-refractivity contribution in [2.24, 2.45) is 0 Å². The summed E-state index contributed by atoms with van der Waals surface area (Å²) in [5, 5.41) is 1.11. The standard InChI is InChI=1S/C20H22BrN3/c1-3-4-7-14-24(2)20-17-8-5-6-9-18(17)22-19(23-20)15-10-12-16(21)13-11-15/h5-6,8-13H,3-4,7,14H2,1-2H3. The average Bonchev–Trinajstić information content (AvgIpc) is 2.61. The van der Waals surface area contributed by atoms with Crippen LogP contribution in [0.5, 0.6) is 0 Å². The lowest BCUT2D eigenvalue weighted by Gasteiger charge is -2.20. The third-order valence-corrected chi connectivity index (χ3v) is 4.67. The highest BCUT2D eigenvalue weighted by Gasteiger charge is 2.12. The predicted molar refractivity (Wildman–Crippen MR) is 105 cm³/mol. The molecule has 0 N–H and O–H groups in total. The van der Waals surface area contributed by atoms with E-state index in [1.807, 2.05) is 24.3 Å². The Bertz CT molecular complexity index is 815. The minimum atomic E-state index is 0.776. The van der Waals surface area contributed by atoms with Crippen LogP contribution in [0, 0.1) is 0 Å². The van der Waals surface area contributed by atoms with Gasteiger partial charge in [0, 0.05) is 29.0 Å². The Morgan fingerprint density at radius 3 is 2.46 bits per heavy atom. The number of nitrogens with zero attached hydrogens (tertiary/aromatic N) is 3. The van der Waals surface area contributed by atoms with E-state index < -0.39 is 0 Å². The van der Waals surface area contributed by atoms with E-state index >= 15 is 0 Å². The summed E-state index contributed by atoms with van der Waals surface area (Å²) < 4.78 is 1.06. The van der Waals surface area contributed by atoms with Crippen molar-refractivity contribution in [2.75, 3.05) is 18.5 Å². The van der Waals surface area contributed by atoms with Gasteiger partial charge in [-0.1, -0.05) is 60.0 Å². The molecule has 3 rings (SSSR count). The molecule has 3 nitrogen and oxygen atoms in total. The molecule has 0 saturated carbocycles. The highest BCUT2D eigenvalue weighted by atomic mass is 79.9. The molecule has 0 aliphatic rings. The van der Waals surface area contributed by atoms with Crippen LogP contribution in [0.25, 0.3) is 22.3 Å². The Hall–Kier alpha value is -1.94. The highest BCUT2D eigenvalue weighted by molar-refractivity contribution is 9.10. The number of fused-ring (bicyclic) bond motifs is 1. The Labute approximate surface area is 151 Å². The molecule has 0 aliphatic carbocycles. The molecule has 1 aromatic heterocycles. The van der Waals surface area contributed by atoms with Crippen molar-refractivity contribution in [1.82, 2.24) is 9.97 Å². The van der Waals surface area contributed by atoms with E-state index in [0.29, 0.717) is 0 Å². The SMILES string of the molecule is CCCCCN(C)c1nc(-c2ccc(Br)cc2)nc2ccccc12. The zero-order valence-corrected chi connectivity index (χ0v) is 15.8. The first-order chi connectivity index (χ1) is 11.7. The maximum Gasteiger partial charge on any atom is 0.162 e. The molecule has 0 unspecified atom stereocenters. The van der Waals surface area contributed by atoms with Crippen molar-refractivity contribution in [3.63, 3.8) is 0 Å². The monoisotopic (exact) mass is 383 g/mol. The van der Waals surface area contributed by atoms with E-state index in [1.54, 1.807) is 0 Å². The van der Waals surface area contributed by atoms with Crippen molar-refractivity contribution in [3.05, 3.63) is 53.0 Å². The third kappa shape index (κ3) is 3.75. The van der Waals surface area contributed by atoms with Crippen LogP contribution in [0.15, 0.2) is 53.0 Å². The maximum atomic E-state index is 4.88. The first kappa shape index (κ1) is 16.9. The maximum absolute atomic E-state index is 4.88. The molecule has 24 heavy (non-hydrogen) atoms. The molecule has 0 spiro atoms. The fourth-order valence-electron chi connectivity index (χ4n) is 2.78. The molecule has 3 aromatic rings. The highest BCUT2D eigenvalue weighted by Crippen LogP contribution is 2.27. The van der Waals surface area contributed by atoms with Crippen LogP contribution in [-0.2, 0) is 0 Å². The van der Waals surface area contributed by atoms with Gasteiger partial charge in [0.25, 0.3) is 0 Å². The van der Waals surface area contributed by atoms with E-state index in [2.05, 4.69) is 59.1 Å². The summed E-state index contributed by atoms with van der Waals surface area (Å²) >= 11 is 3.48. The summed E-state index contributed by atoms with van der Waals surface area (Å²) in [4.78, 5) is 11.9. The number of hydrogen-bond acceptors (Lipinski definition) is 3. The van der Waals surface area contributed by atoms with Crippen molar-refractivity contribution in [2.45, 2.75) is 26.2 Å². The van der Waals surface area contributed by atoms with Crippen molar-refractivity contribution in [3.8, 4) is 11.4 Å². The summed E-state index contributed by atoms with van der Waals surface area (Å²) in [5.74, 6) is 1.79. The van der Waals surface area contributed by atoms with Gasteiger partial charge < -0.3 is 4.90 Å². The lowest BCUT2D eigenvalue weighted by atomic mass is 10.1. The molecule has 2 aromatic carbocycles. The van der Waals surface area contributed by atoms with Gasteiger partial charge in [-0.05, 0) is 30.7 Å². The summed E-state index contributed by atoms with van der Waals surface area (Å²) in [6, 6.07) is 16.4. The molecule has 0 atom stereocenters. The first-order valence-electron chi connectivity index (χ1n) is 8.43. The van der Waals surface area contributed by atoms with Gasteiger partial charge in [0.2, 0.25) is 0 Å². The second-order valence-electron chi connectivity index (χ2n) is 6.02. The molecule has 4 heteroatoms. The molecule has 0 amide bonds. The minimum absolute atomic E-state index is 0.776. The van der Waals surface area contributed by atoms with Crippen molar-refractivity contribution < 1.29 is 0 Å². The molecule has 0 aliphatic heterocycles. The summed E-state index contributed by atoms with van der Waals surface area (Å²) in [6.07, 6.45) is 3.65. The number of benzene rings is 2. The largest absolute Gasteiger partial charge is 0.359 e. The summed E-state index contributed by atoms with van der Waals surface area (Å²) in [6.45, 7) is 3.24. The smallest absolute Gasteiger partial charge is 0.162 e. The lowest BCUT2D eigenvalue weighted by molar-refractivity contribution is 0.702. The van der Waals surface area contributed by atoms with E-state index in [4.69, 9.17) is 9.97 Å². The first-order valence-corrected chi connectivity index (χ1v) is 9.22. The quantitative estimate of drug-likeness (QED) is 0.512. The number of unbranched alkanes of at least 4 members (excludes halogenated alkanes) is 2. The number of para-hydroxylation sites is 1. The van der Waals surface area contributed by atoms with E-state index in [-0.39, 0.29) is 0 Å². The van der Waals surface area contributed by atoms with Gasteiger partial charge in [0.1, 0.15) is 5.82 Å². The Kier molecular flexibility index (Phi) is 5.46. The predicted octanol–water partition coefficient (Wildman–Crippen LogP) is 5.69. The number of hydrogen-bond donors (Lipinski definition) is 0. The van der Waals surface area contributed by atoms with Gasteiger partial charge in [-0.2, -0.15) is 0 Å². The van der Waals surface area contributed by atoms with E-state index in [1.165, 1.54) is 19.3 Å². The van der Waals surface area contributed by atoms with Gasteiger partial charge in [-0.25, -0.2) is 9.97 Å². The molecule has 1 heterocycles. The molecule has 0 radical (unpaired) electrons. The summed E-state index contributed by atoms with van der Waals surface area (Å²) in [5.41, 5.74) is 2.02.